The number of carbonyl (C=O) groups is 1. The largest absolute Gasteiger partial charge is 0.351 e. The fourth-order valence-corrected chi connectivity index (χ4v) is 5.55. The van der Waals surface area contributed by atoms with Crippen LogP contribution in [0.2, 0.25) is 0 Å². The van der Waals surface area contributed by atoms with Crippen molar-refractivity contribution in [1.82, 2.24) is 14.6 Å². The van der Waals surface area contributed by atoms with E-state index in [2.05, 4.69) is 16.4 Å². The van der Waals surface area contributed by atoms with Gasteiger partial charge in [0, 0.05) is 30.5 Å². The van der Waals surface area contributed by atoms with E-state index in [9.17, 15) is 13.2 Å². The van der Waals surface area contributed by atoms with E-state index in [-0.39, 0.29) is 5.91 Å². The molecular weight excluding hydrogens is 398 g/mol. The van der Waals surface area contributed by atoms with Crippen LogP contribution in [0.3, 0.4) is 0 Å². The van der Waals surface area contributed by atoms with E-state index in [0.29, 0.717) is 30.2 Å². The van der Waals surface area contributed by atoms with E-state index in [4.69, 9.17) is 0 Å². The first kappa shape index (κ1) is 20.6. The number of carbonyl (C=O) groups excluding carboxylic acids is 1. The van der Waals surface area contributed by atoms with Crippen molar-refractivity contribution in [3.05, 3.63) is 64.8 Å². The zero-order valence-electron chi connectivity index (χ0n) is 17.4. The molecule has 0 atom stereocenters. The van der Waals surface area contributed by atoms with Gasteiger partial charge in [-0.1, -0.05) is 24.6 Å². The molecule has 0 spiro atoms. The van der Waals surface area contributed by atoms with Crippen molar-refractivity contribution in [3.8, 4) is 0 Å². The number of fused-ring (bicyclic) bond motifs is 1. The average Bonchev–Trinajstić information content (AvgIpc) is 3.17. The Hall–Kier alpha value is -2.64. The Morgan fingerprint density at radius 3 is 2.43 bits per heavy atom. The molecule has 1 fully saturated rings. The van der Waals surface area contributed by atoms with E-state index in [1.54, 1.807) is 28.6 Å². The summed E-state index contributed by atoms with van der Waals surface area (Å²) in [4.78, 5) is 16.1. The van der Waals surface area contributed by atoms with Gasteiger partial charge in [-0.05, 0) is 67.6 Å². The summed E-state index contributed by atoms with van der Waals surface area (Å²) in [7, 11) is -3.43. The second kappa shape index (κ2) is 8.24. The molecule has 30 heavy (non-hydrogen) atoms. The van der Waals surface area contributed by atoms with Gasteiger partial charge in [0.15, 0.2) is 0 Å². The number of hydrogen-bond donors (Lipinski definition) is 2. The molecule has 1 aliphatic heterocycles. The zero-order valence-corrected chi connectivity index (χ0v) is 18.2. The summed E-state index contributed by atoms with van der Waals surface area (Å²) < 4.78 is 27.0. The van der Waals surface area contributed by atoms with Crippen LogP contribution < -0.4 is 5.32 Å². The van der Waals surface area contributed by atoms with Gasteiger partial charge in [0.1, 0.15) is 5.69 Å². The highest BCUT2D eigenvalue weighted by molar-refractivity contribution is 7.89. The van der Waals surface area contributed by atoms with Crippen LogP contribution in [0.4, 0.5) is 0 Å². The number of rotatable bonds is 5. The summed E-state index contributed by atoms with van der Waals surface area (Å²) in [5, 5.41) is 3.94. The molecule has 158 valence electrons. The van der Waals surface area contributed by atoms with Gasteiger partial charge in [-0.25, -0.2) is 8.42 Å². The molecule has 1 saturated heterocycles. The fourth-order valence-electron chi connectivity index (χ4n) is 4.03. The minimum absolute atomic E-state index is 0.187. The molecule has 0 unspecified atom stereocenters. The van der Waals surface area contributed by atoms with Crippen molar-refractivity contribution in [2.45, 2.75) is 44.6 Å². The molecule has 7 heteroatoms. The maximum Gasteiger partial charge on any atom is 0.267 e. The van der Waals surface area contributed by atoms with Gasteiger partial charge in [0.25, 0.3) is 5.91 Å². The fraction of sp³-hybridized carbons (Fsp3) is 0.348. The minimum atomic E-state index is -3.43. The Balaban J connectivity index is 1.43. The smallest absolute Gasteiger partial charge is 0.267 e. The molecule has 4 rings (SSSR count). The standard InChI is InChI=1S/C23H27N3O3S/c1-16-12-17(2)20-14-22(25-21(20)13-16)23(27)24-15-18-6-8-19(9-7-18)30(28,29)26-10-4-3-5-11-26/h6-9,12-14,25H,3-5,10-11,15H2,1-2H3,(H,24,27). The van der Waals surface area contributed by atoms with Crippen LogP contribution in [-0.2, 0) is 16.6 Å². The maximum absolute atomic E-state index is 12.7. The number of sulfonamides is 1. The van der Waals surface area contributed by atoms with Crippen molar-refractivity contribution in [2.75, 3.05) is 13.1 Å². The number of aromatic nitrogens is 1. The lowest BCUT2D eigenvalue weighted by Gasteiger charge is -2.25. The lowest BCUT2D eigenvalue weighted by molar-refractivity contribution is 0.0946. The number of aromatic amines is 1. The van der Waals surface area contributed by atoms with E-state index < -0.39 is 10.0 Å². The molecule has 2 heterocycles. The van der Waals surface area contributed by atoms with Crippen LogP contribution in [-0.4, -0.2) is 36.7 Å². The third-order valence-electron chi connectivity index (χ3n) is 5.66. The number of benzene rings is 2. The van der Waals surface area contributed by atoms with Crippen LogP contribution in [0.1, 0.15) is 46.4 Å². The zero-order chi connectivity index (χ0) is 21.3. The van der Waals surface area contributed by atoms with Crippen molar-refractivity contribution in [3.63, 3.8) is 0 Å². The first-order valence-electron chi connectivity index (χ1n) is 10.3. The quantitative estimate of drug-likeness (QED) is 0.651. The Bertz CT molecular complexity index is 1170. The number of piperidine rings is 1. The molecule has 1 aliphatic rings. The van der Waals surface area contributed by atoms with Crippen LogP contribution in [0, 0.1) is 13.8 Å². The van der Waals surface area contributed by atoms with Gasteiger partial charge in [-0.3, -0.25) is 4.79 Å². The van der Waals surface area contributed by atoms with Gasteiger partial charge in [0.05, 0.1) is 4.90 Å². The summed E-state index contributed by atoms with van der Waals surface area (Å²) in [5.74, 6) is -0.187. The molecule has 0 bridgehead atoms. The predicted octanol–water partition coefficient (Wildman–Crippen LogP) is 3.89. The molecule has 6 nitrogen and oxygen atoms in total. The third kappa shape index (κ3) is 4.13. The average molecular weight is 426 g/mol. The van der Waals surface area contributed by atoms with Gasteiger partial charge in [-0.2, -0.15) is 4.31 Å². The van der Waals surface area contributed by atoms with Gasteiger partial charge < -0.3 is 10.3 Å². The molecule has 0 saturated carbocycles. The number of nitrogens with zero attached hydrogens (tertiary/aromatic N) is 1. The SMILES string of the molecule is Cc1cc(C)c2cc(C(=O)NCc3ccc(S(=O)(=O)N4CCCCC4)cc3)[nH]c2c1. The monoisotopic (exact) mass is 425 g/mol. The topological polar surface area (TPSA) is 82.3 Å². The number of amides is 1. The number of nitrogens with one attached hydrogen (secondary N) is 2. The first-order chi connectivity index (χ1) is 14.3. The maximum atomic E-state index is 12.7. The molecule has 0 radical (unpaired) electrons. The van der Waals surface area contributed by atoms with Gasteiger partial charge in [-0.15, -0.1) is 0 Å². The highest BCUT2D eigenvalue weighted by Crippen LogP contribution is 2.22. The lowest BCUT2D eigenvalue weighted by Crippen LogP contribution is -2.35. The molecule has 3 aromatic rings. The first-order valence-corrected chi connectivity index (χ1v) is 11.8. The Kier molecular flexibility index (Phi) is 5.66. The second-order valence-electron chi connectivity index (χ2n) is 8.02. The second-order valence-corrected chi connectivity index (χ2v) is 9.96. The number of hydrogen-bond acceptors (Lipinski definition) is 3. The van der Waals surface area contributed by atoms with Crippen LogP contribution in [0.15, 0.2) is 47.4 Å². The highest BCUT2D eigenvalue weighted by Gasteiger charge is 2.25. The van der Waals surface area contributed by atoms with Gasteiger partial charge in [0.2, 0.25) is 10.0 Å². The molecular formula is C23H27N3O3S. The molecule has 1 aromatic heterocycles. The lowest BCUT2D eigenvalue weighted by atomic mass is 10.1. The van der Waals surface area contributed by atoms with Crippen LogP contribution >= 0.6 is 0 Å². The Morgan fingerprint density at radius 2 is 1.73 bits per heavy atom. The summed E-state index contributed by atoms with van der Waals surface area (Å²) in [6, 6.07) is 12.8. The van der Waals surface area contributed by atoms with E-state index >= 15 is 0 Å². The molecule has 1 amide bonds. The van der Waals surface area contributed by atoms with Gasteiger partial charge >= 0.3 is 0 Å². The summed E-state index contributed by atoms with van der Waals surface area (Å²) >= 11 is 0. The number of aryl methyl sites for hydroxylation is 2. The molecule has 2 aromatic carbocycles. The summed E-state index contributed by atoms with van der Waals surface area (Å²) in [5.41, 5.74) is 4.59. The van der Waals surface area contributed by atoms with Crippen LogP contribution in [0.5, 0.6) is 0 Å². The van der Waals surface area contributed by atoms with Crippen LogP contribution in [0.25, 0.3) is 10.9 Å². The summed E-state index contributed by atoms with van der Waals surface area (Å²) in [6.07, 6.45) is 2.91. The number of H-pyrrole nitrogens is 1. The summed E-state index contributed by atoms with van der Waals surface area (Å²) in [6.45, 7) is 5.57. The van der Waals surface area contributed by atoms with E-state index in [1.165, 1.54) is 0 Å². The minimum Gasteiger partial charge on any atom is -0.351 e. The molecule has 0 aliphatic carbocycles. The van der Waals surface area contributed by atoms with Crippen molar-refractivity contribution < 1.29 is 13.2 Å². The van der Waals surface area contributed by atoms with E-state index in [1.807, 2.05) is 26.0 Å². The third-order valence-corrected chi connectivity index (χ3v) is 7.58. The normalized spacial score (nSPS) is 15.4. The van der Waals surface area contributed by atoms with E-state index in [0.717, 1.165) is 46.9 Å². The van der Waals surface area contributed by atoms with Crippen molar-refractivity contribution >= 4 is 26.8 Å². The van der Waals surface area contributed by atoms with Crippen molar-refractivity contribution in [1.29, 1.82) is 0 Å². The molecule has 2 N–H and O–H groups in total. The predicted molar refractivity (Wildman–Crippen MR) is 118 cm³/mol. The highest BCUT2D eigenvalue weighted by atomic mass is 32.2. The Morgan fingerprint density at radius 1 is 1.03 bits per heavy atom. The Labute approximate surface area is 177 Å². The van der Waals surface area contributed by atoms with Crippen molar-refractivity contribution in [2.24, 2.45) is 0 Å².